The Labute approximate surface area is 192 Å². The third-order valence-electron chi connectivity index (χ3n) is 5.48. The van der Waals surface area contributed by atoms with E-state index < -0.39 is 72.4 Å². The zero-order valence-corrected chi connectivity index (χ0v) is 19.9. The minimum absolute atomic E-state index is 0.0683. The van der Waals surface area contributed by atoms with Gasteiger partial charge in [-0.25, -0.2) is 0 Å². The molecule has 33 heavy (non-hydrogen) atoms. The number of hydrogen-bond acceptors (Lipinski definition) is 12. The van der Waals surface area contributed by atoms with Gasteiger partial charge in [-0.1, -0.05) is 0 Å². The summed E-state index contributed by atoms with van der Waals surface area (Å²) in [5.41, 5.74) is -1.01. The van der Waals surface area contributed by atoms with E-state index >= 15 is 0 Å². The molecule has 3 rings (SSSR count). The number of esters is 3. The lowest BCUT2D eigenvalue weighted by Crippen LogP contribution is -2.62. The molecule has 188 valence electrons. The lowest BCUT2D eigenvalue weighted by atomic mass is 9.98. The standard InChI is InChI=1S/C21H32O12/c1-10-14(29-11(2)22)15(30-12(3)23)16(31-13(4)24)18(28-10)26-8-21-9-27-19(25-7)17(21)32-20(5,6)33-21/h10,14-19H,8-9H2,1-7H3/t10-,14-,15+,16+,17-,18-,19+,21+/m0/s1. The van der Waals surface area contributed by atoms with Gasteiger partial charge in [0.2, 0.25) is 0 Å². The van der Waals surface area contributed by atoms with E-state index in [-0.39, 0.29) is 13.2 Å². The molecule has 0 unspecified atom stereocenters. The van der Waals surface area contributed by atoms with E-state index in [1.54, 1.807) is 20.8 Å². The Morgan fingerprint density at radius 2 is 1.48 bits per heavy atom. The van der Waals surface area contributed by atoms with E-state index in [9.17, 15) is 14.4 Å². The molecular formula is C21H32O12. The van der Waals surface area contributed by atoms with Crippen molar-refractivity contribution in [3.8, 4) is 0 Å². The van der Waals surface area contributed by atoms with Crippen LogP contribution in [0.1, 0.15) is 41.5 Å². The quantitative estimate of drug-likeness (QED) is 0.373. The molecule has 0 aromatic carbocycles. The van der Waals surface area contributed by atoms with Crippen molar-refractivity contribution in [1.29, 1.82) is 0 Å². The summed E-state index contributed by atoms with van der Waals surface area (Å²) in [6.45, 7) is 8.82. The molecular weight excluding hydrogens is 444 g/mol. The SMILES string of the molecule is CO[C@@H]1OC[C@@]2(CO[C@H]3O[C@@H](C)[C@H](OC(C)=O)[C@@H](OC(C)=O)[C@H]3OC(C)=O)OC(C)(C)O[C@@H]12. The predicted molar refractivity (Wildman–Crippen MR) is 106 cm³/mol. The van der Waals surface area contributed by atoms with Gasteiger partial charge in [0.15, 0.2) is 36.7 Å². The Kier molecular flexibility index (Phi) is 7.66. The Hall–Kier alpha value is -1.83. The zero-order valence-electron chi connectivity index (χ0n) is 19.9. The van der Waals surface area contributed by atoms with Gasteiger partial charge in [-0.05, 0) is 20.8 Å². The fourth-order valence-corrected chi connectivity index (χ4v) is 4.38. The average molecular weight is 476 g/mol. The molecule has 0 aliphatic carbocycles. The maximum atomic E-state index is 11.8. The van der Waals surface area contributed by atoms with Gasteiger partial charge in [-0.3, -0.25) is 14.4 Å². The molecule has 0 aromatic heterocycles. The molecule has 3 aliphatic heterocycles. The van der Waals surface area contributed by atoms with E-state index in [2.05, 4.69) is 0 Å². The Bertz CT molecular complexity index is 754. The summed E-state index contributed by atoms with van der Waals surface area (Å²) < 4.78 is 51.1. The van der Waals surface area contributed by atoms with Crippen molar-refractivity contribution < 1.29 is 57.0 Å². The lowest BCUT2D eigenvalue weighted by molar-refractivity contribution is -0.310. The minimum Gasteiger partial charge on any atom is -0.456 e. The third-order valence-corrected chi connectivity index (χ3v) is 5.48. The second-order valence-corrected chi connectivity index (χ2v) is 8.76. The van der Waals surface area contributed by atoms with Crippen LogP contribution in [0.3, 0.4) is 0 Å². The highest BCUT2D eigenvalue weighted by Gasteiger charge is 2.62. The maximum absolute atomic E-state index is 11.8. The fourth-order valence-electron chi connectivity index (χ4n) is 4.38. The number of methoxy groups -OCH3 is 1. The van der Waals surface area contributed by atoms with Crippen molar-refractivity contribution in [3.63, 3.8) is 0 Å². The topological polar surface area (TPSA) is 134 Å². The monoisotopic (exact) mass is 476 g/mol. The normalized spacial score (nSPS) is 39.5. The lowest BCUT2D eigenvalue weighted by Gasteiger charge is -2.44. The van der Waals surface area contributed by atoms with Gasteiger partial charge in [0, 0.05) is 27.9 Å². The number of ether oxygens (including phenoxy) is 9. The fraction of sp³-hybridized carbons (Fsp3) is 0.857. The first kappa shape index (κ1) is 25.8. The van der Waals surface area contributed by atoms with E-state index in [1.807, 2.05) is 0 Å². The van der Waals surface area contributed by atoms with Crippen LogP contribution in [0.2, 0.25) is 0 Å². The second-order valence-electron chi connectivity index (χ2n) is 8.76. The Morgan fingerprint density at radius 3 is 2.06 bits per heavy atom. The second kappa shape index (κ2) is 9.80. The summed E-state index contributed by atoms with van der Waals surface area (Å²) in [6.07, 6.45) is -6.52. The van der Waals surface area contributed by atoms with Crippen LogP contribution < -0.4 is 0 Å². The number of fused-ring (bicyclic) bond motifs is 1. The molecule has 3 fully saturated rings. The van der Waals surface area contributed by atoms with E-state index in [0.717, 1.165) is 0 Å². The minimum atomic E-state index is -1.21. The van der Waals surface area contributed by atoms with Gasteiger partial charge in [0.1, 0.15) is 11.7 Å². The molecule has 12 nitrogen and oxygen atoms in total. The summed E-state index contributed by atoms with van der Waals surface area (Å²) in [6, 6.07) is 0. The Balaban J connectivity index is 1.83. The van der Waals surface area contributed by atoms with Gasteiger partial charge in [-0.2, -0.15) is 0 Å². The smallest absolute Gasteiger partial charge is 0.303 e. The first-order valence-electron chi connectivity index (χ1n) is 10.7. The average Bonchev–Trinajstić information content (AvgIpc) is 3.14. The number of hydrogen-bond donors (Lipinski definition) is 0. The third kappa shape index (κ3) is 5.64. The van der Waals surface area contributed by atoms with Crippen molar-refractivity contribution in [3.05, 3.63) is 0 Å². The highest BCUT2D eigenvalue weighted by molar-refractivity contribution is 5.68. The van der Waals surface area contributed by atoms with Gasteiger partial charge in [0.25, 0.3) is 0 Å². The first-order chi connectivity index (χ1) is 15.4. The van der Waals surface area contributed by atoms with Crippen LogP contribution in [0, 0.1) is 0 Å². The molecule has 0 aromatic rings. The number of carbonyl (C=O) groups is 3. The van der Waals surface area contributed by atoms with Crippen LogP contribution in [0.5, 0.6) is 0 Å². The van der Waals surface area contributed by atoms with Crippen molar-refractivity contribution in [2.24, 2.45) is 0 Å². The zero-order chi connectivity index (χ0) is 24.6. The van der Waals surface area contributed by atoms with Crippen LogP contribution in [0.15, 0.2) is 0 Å². The van der Waals surface area contributed by atoms with Crippen molar-refractivity contribution in [2.45, 2.75) is 96.0 Å². The molecule has 0 saturated carbocycles. The van der Waals surface area contributed by atoms with Crippen LogP contribution in [0.25, 0.3) is 0 Å². The number of carbonyl (C=O) groups excluding carboxylic acids is 3. The van der Waals surface area contributed by atoms with E-state index in [4.69, 9.17) is 42.6 Å². The summed E-state index contributed by atoms with van der Waals surface area (Å²) >= 11 is 0. The highest BCUT2D eigenvalue weighted by Crippen LogP contribution is 2.44. The molecule has 0 spiro atoms. The van der Waals surface area contributed by atoms with Gasteiger partial charge in [-0.15, -0.1) is 0 Å². The predicted octanol–water partition coefficient (Wildman–Crippen LogP) is 0.436. The molecule has 0 N–H and O–H groups in total. The molecule has 8 atom stereocenters. The summed E-state index contributed by atoms with van der Waals surface area (Å²) in [4.78, 5) is 35.3. The summed E-state index contributed by atoms with van der Waals surface area (Å²) in [5.74, 6) is -2.83. The van der Waals surface area contributed by atoms with Crippen LogP contribution >= 0.6 is 0 Å². The molecule has 3 saturated heterocycles. The highest BCUT2D eigenvalue weighted by atomic mass is 16.8. The molecule has 0 radical (unpaired) electrons. The molecule has 0 amide bonds. The first-order valence-corrected chi connectivity index (χ1v) is 10.7. The van der Waals surface area contributed by atoms with Crippen LogP contribution in [0.4, 0.5) is 0 Å². The number of rotatable bonds is 7. The molecule has 12 heteroatoms. The van der Waals surface area contributed by atoms with Crippen LogP contribution in [-0.4, -0.2) is 92.7 Å². The molecule has 0 bridgehead atoms. The summed E-state index contributed by atoms with van der Waals surface area (Å²) in [5, 5.41) is 0. The Morgan fingerprint density at radius 1 is 0.909 bits per heavy atom. The maximum Gasteiger partial charge on any atom is 0.303 e. The molecule has 3 heterocycles. The van der Waals surface area contributed by atoms with Gasteiger partial charge in [0.05, 0.1) is 19.3 Å². The van der Waals surface area contributed by atoms with Crippen molar-refractivity contribution in [2.75, 3.05) is 20.3 Å². The summed E-state index contributed by atoms with van der Waals surface area (Å²) in [7, 11) is 1.50. The van der Waals surface area contributed by atoms with Crippen molar-refractivity contribution >= 4 is 17.9 Å². The molecule has 3 aliphatic rings. The van der Waals surface area contributed by atoms with Crippen LogP contribution in [-0.2, 0) is 57.0 Å². The van der Waals surface area contributed by atoms with Crippen molar-refractivity contribution in [1.82, 2.24) is 0 Å². The van der Waals surface area contributed by atoms with Gasteiger partial charge < -0.3 is 42.6 Å². The van der Waals surface area contributed by atoms with E-state index in [0.29, 0.717) is 0 Å². The van der Waals surface area contributed by atoms with Gasteiger partial charge >= 0.3 is 17.9 Å². The largest absolute Gasteiger partial charge is 0.456 e. The van der Waals surface area contributed by atoms with E-state index in [1.165, 1.54) is 27.9 Å².